The van der Waals surface area contributed by atoms with Crippen molar-refractivity contribution in [1.29, 1.82) is 0 Å². The molecule has 0 atom stereocenters. The van der Waals surface area contributed by atoms with Crippen molar-refractivity contribution in [1.82, 2.24) is 9.88 Å². The Hall–Kier alpha value is -2.01. The van der Waals surface area contributed by atoms with Crippen LogP contribution < -0.4 is 4.74 Å². The Kier molecular flexibility index (Phi) is 5.41. The van der Waals surface area contributed by atoms with Crippen molar-refractivity contribution in [3.05, 3.63) is 54.2 Å². The summed E-state index contributed by atoms with van der Waals surface area (Å²) in [5, 5.41) is 0.564. The van der Waals surface area contributed by atoms with Gasteiger partial charge in [-0.05, 0) is 23.8 Å². The Labute approximate surface area is 147 Å². The molecule has 1 aliphatic rings. The number of rotatable bonds is 6. The van der Waals surface area contributed by atoms with Gasteiger partial charge in [0.25, 0.3) is 0 Å². The highest BCUT2D eigenvalue weighted by molar-refractivity contribution is 7.99. The molecule has 0 radical (unpaired) electrons. The molecule has 2 heterocycles. The maximum atomic E-state index is 12.3. The lowest BCUT2D eigenvalue weighted by atomic mass is 10.1. The molecule has 1 saturated heterocycles. The molecule has 0 saturated carbocycles. The molecule has 2 aromatic rings. The first-order valence-corrected chi connectivity index (χ1v) is 9.09. The van der Waals surface area contributed by atoms with E-state index in [4.69, 9.17) is 4.74 Å². The SMILES string of the molecule is CC(C)Sc1ccc(CC(=O)N2CC(Oc3ccccn3)C2)cc1. The topological polar surface area (TPSA) is 42.4 Å². The molecule has 1 fully saturated rings. The third kappa shape index (κ3) is 4.51. The molecular formula is C19H22N2O2S. The number of nitrogens with zero attached hydrogens (tertiary/aromatic N) is 2. The first-order valence-electron chi connectivity index (χ1n) is 8.21. The Bertz CT molecular complexity index is 668. The number of aromatic nitrogens is 1. The summed E-state index contributed by atoms with van der Waals surface area (Å²) in [6.45, 7) is 5.62. The average Bonchev–Trinajstić information content (AvgIpc) is 2.53. The summed E-state index contributed by atoms with van der Waals surface area (Å²) in [5.41, 5.74) is 1.06. The van der Waals surface area contributed by atoms with Gasteiger partial charge in [-0.15, -0.1) is 11.8 Å². The zero-order valence-corrected chi connectivity index (χ0v) is 14.8. The van der Waals surface area contributed by atoms with E-state index in [0.717, 1.165) is 5.56 Å². The van der Waals surface area contributed by atoms with Gasteiger partial charge in [-0.2, -0.15) is 0 Å². The van der Waals surface area contributed by atoms with Gasteiger partial charge in [0.2, 0.25) is 11.8 Å². The summed E-state index contributed by atoms with van der Waals surface area (Å²) in [6.07, 6.45) is 2.20. The number of pyridine rings is 1. The lowest BCUT2D eigenvalue weighted by Crippen LogP contribution is -2.56. The number of benzene rings is 1. The van der Waals surface area contributed by atoms with Crippen LogP contribution in [0.3, 0.4) is 0 Å². The quantitative estimate of drug-likeness (QED) is 0.755. The van der Waals surface area contributed by atoms with E-state index in [9.17, 15) is 4.79 Å². The van der Waals surface area contributed by atoms with Crippen molar-refractivity contribution < 1.29 is 9.53 Å². The van der Waals surface area contributed by atoms with Gasteiger partial charge in [0.1, 0.15) is 6.10 Å². The summed E-state index contributed by atoms with van der Waals surface area (Å²) in [6, 6.07) is 13.9. The first kappa shape index (κ1) is 16.8. The predicted octanol–water partition coefficient (Wildman–Crippen LogP) is 3.41. The van der Waals surface area contributed by atoms with Gasteiger partial charge >= 0.3 is 0 Å². The van der Waals surface area contributed by atoms with Gasteiger partial charge in [0.15, 0.2) is 0 Å². The maximum absolute atomic E-state index is 12.3. The molecule has 24 heavy (non-hydrogen) atoms. The highest BCUT2D eigenvalue weighted by Crippen LogP contribution is 2.23. The van der Waals surface area contributed by atoms with Crippen molar-refractivity contribution >= 4 is 17.7 Å². The van der Waals surface area contributed by atoms with Crippen LogP contribution in [0.15, 0.2) is 53.6 Å². The summed E-state index contributed by atoms with van der Waals surface area (Å²) in [5.74, 6) is 0.771. The molecule has 0 spiro atoms. The van der Waals surface area contributed by atoms with E-state index in [1.807, 2.05) is 47.0 Å². The van der Waals surface area contributed by atoms with E-state index in [-0.39, 0.29) is 12.0 Å². The number of likely N-dealkylation sites (tertiary alicyclic amines) is 1. The van der Waals surface area contributed by atoms with Crippen molar-refractivity contribution in [2.75, 3.05) is 13.1 Å². The van der Waals surface area contributed by atoms with Gasteiger partial charge in [0.05, 0.1) is 19.5 Å². The highest BCUT2D eigenvalue weighted by atomic mass is 32.2. The zero-order valence-electron chi connectivity index (χ0n) is 14.0. The number of carbonyl (C=O) groups excluding carboxylic acids is 1. The second-order valence-corrected chi connectivity index (χ2v) is 7.84. The molecule has 0 N–H and O–H groups in total. The van der Waals surface area contributed by atoms with Gasteiger partial charge in [-0.1, -0.05) is 32.0 Å². The number of hydrogen-bond donors (Lipinski definition) is 0. The third-order valence-electron chi connectivity index (χ3n) is 3.78. The van der Waals surface area contributed by atoms with E-state index in [0.29, 0.717) is 30.6 Å². The monoisotopic (exact) mass is 342 g/mol. The fourth-order valence-electron chi connectivity index (χ4n) is 2.55. The van der Waals surface area contributed by atoms with Crippen molar-refractivity contribution in [3.8, 4) is 5.88 Å². The Balaban J connectivity index is 1.45. The molecule has 1 aromatic carbocycles. The molecule has 1 amide bonds. The van der Waals surface area contributed by atoms with Crippen LogP contribution in [0, 0.1) is 0 Å². The number of carbonyl (C=O) groups is 1. The minimum atomic E-state index is 0.0497. The molecule has 0 aliphatic carbocycles. The largest absolute Gasteiger partial charge is 0.471 e. The zero-order chi connectivity index (χ0) is 16.9. The molecule has 5 heteroatoms. The van der Waals surface area contributed by atoms with E-state index < -0.39 is 0 Å². The Morgan fingerprint density at radius 3 is 2.62 bits per heavy atom. The van der Waals surface area contributed by atoms with Gasteiger partial charge in [-0.3, -0.25) is 4.79 Å². The fourth-order valence-corrected chi connectivity index (χ4v) is 3.39. The normalized spacial score (nSPS) is 14.5. The molecule has 3 rings (SSSR count). The Morgan fingerprint density at radius 2 is 2.00 bits per heavy atom. The summed E-state index contributed by atoms with van der Waals surface area (Å²) in [7, 11) is 0. The number of ether oxygens (including phenoxy) is 1. The van der Waals surface area contributed by atoms with Crippen molar-refractivity contribution in [2.45, 2.75) is 36.5 Å². The van der Waals surface area contributed by atoms with Crippen LogP contribution in [0.1, 0.15) is 19.4 Å². The second-order valence-electron chi connectivity index (χ2n) is 6.19. The van der Waals surface area contributed by atoms with E-state index in [1.165, 1.54) is 4.90 Å². The van der Waals surface area contributed by atoms with E-state index in [2.05, 4.69) is 31.0 Å². The van der Waals surface area contributed by atoms with Crippen molar-refractivity contribution in [3.63, 3.8) is 0 Å². The van der Waals surface area contributed by atoms with Gasteiger partial charge in [-0.25, -0.2) is 4.98 Å². The third-order valence-corrected chi connectivity index (χ3v) is 4.79. The summed E-state index contributed by atoms with van der Waals surface area (Å²) in [4.78, 5) is 19.5. The van der Waals surface area contributed by atoms with Crippen LogP contribution in [0.4, 0.5) is 0 Å². The van der Waals surface area contributed by atoms with Crippen LogP contribution in [0.2, 0.25) is 0 Å². The standard InChI is InChI=1S/C19H22N2O2S/c1-14(2)24-17-8-6-15(7-9-17)11-19(22)21-12-16(13-21)23-18-5-3-4-10-20-18/h3-10,14,16H,11-13H2,1-2H3. The summed E-state index contributed by atoms with van der Waals surface area (Å²) >= 11 is 1.83. The molecule has 1 aromatic heterocycles. The van der Waals surface area contributed by atoms with Crippen LogP contribution in [0.25, 0.3) is 0 Å². The van der Waals surface area contributed by atoms with Crippen LogP contribution >= 0.6 is 11.8 Å². The highest BCUT2D eigenvalue weighted by Gasteiger charge is 2.32. The maximum Gasteiger partial charge on any atom is 0.227 e. The Morgan fingerprint density at radius 1 is 1.25 bits per heavy atom. The molecule has 126 valence electrons. The van der Waals surface area contributed by atoms with Gasteiger partial charge in [0, 0.05) is 22.4 Å². The van der Waals surface area contributed by atoms with Crippen molar-refractivity contribution in [2.24, 2.45) is 0 Å². The molecule has 1 aliphatic heterocycles. The summed E-state index contributed by atoms with van der Waals surface area (Å²) < 4.78 is 5.73. The minimum Gasteiger partial charge on any atom is -0.471 e. The average molecular weight is 342 g/mol. The molecule has 4 nitrogen and oxygen atoms in total. The van der Waals surface area contributed by atoms with E-state index >= 15 is 0 Å². The lowest BCUT2D eigenvalue weighted by molar-refractivity contribution is -0.139. The smallest absolute Gasteiger partial charge is 0.227 e. The molecule has 0 unspecified atom stereocenters. The lowest BCUT2D eigenvalue weighted by Gasteiger charge is -2.38. The predicted molar refractivity (Wildman–Crippen MR) is 96.4 cm³/mol. The van der Waals surface area contributed by atoms with E-state index in [1.54, 1.807) is 6.20 Å². The molecular weight excluding hydrogens is 320 g/mol. The number of thioether (sulfide) groups is 1. The minimum absolute atomic E-state index is 0.0497. The first-order chi connectivity index (χ1) is 11.6. The number of hydrogen-bond acceptors (Lipinski definition) is 4. The second kappa shape index (κ2) is 7.71. The van der Waals surface area contributed by atoms with Crippen LogP contribution in [0.5, 0.6) is 5.88 Å². The van der Waals surface area contributed by atoms with Crippen LogP contribution in [-0.2, 0) is 11.2 Å². The number of amides is 1. The fraction of sp³-hybridized carbons (Fsp3) is 0.368. The van der Waals surface area contributed by atoms with Crippen LogP contribution in [-0.4, -0.2) is 40.2 Å². The van der Waals surface area contributed by atoms with Gasteiger partial charge < -0.3 is 9.64 Å². The molecule has 0 bridgehead atoms.